The third-order valence-corrected chi connectivity index (χ3v) is 2.53. The summed E-state index contributed by atoms with van der Waals surface area (Å²) in [5, 5.41) is 0.644. The number of imidazole rings is 1. The zero-order chi connectivity index (χ0) is 10.4. The van der Waals surface area contributed by atoms with E-state index in [0.717, 1.165) is 11.0 Å². The number of rotatable bonds is 0. The van der Waals surface area contributed by atoms with Crippen molar-refractivity contribution in [1.29, 1.82) is 0 Å². The molecule has 0 bridgehead atoms. The van der Waals surface area contributed by atoms with Crippen LogP contribution >= 0.6 is 23.8 Å². The van der Waals surface area contributed by atoms with E-state index in [1.54, 1.807) is 12.1 Å². The van der Waals surface area contributed by atoms with Gasteiger partial charge in [0.2, 0.25) is 0 Å². The van der Waals surface area contributed by atoms with Crippen molar-refractivity contribution in [2.45, 2.75) is 0 Å². The lowest BCUT2D eigenvalue weighted by Crippen LogP contribution is -1.85. The first kappa shape index (κ1) is 8.82. The van der Waals surface area contributed by atoms with Gasteiger partial charge in [-0.05, 0) is 30.4 Å². The molecule has 0 aliphatic heterocycles. The van der Waals surface area contributed by atoms with E-state index in [9.17, 15) is 0 Å². The van der Waals surface area contributed by atoms with E-state index in [4.69, 9.17) is 23.8 Å². The highest BCUT2D eigenvalue weighted by atomic mass is 35.5. The van der Waals surface area contributed by atoms with Crippen LogP contribution in [0.3, 0.4) is 0 Å². The van der Waals surface area contributed by atoms with Crippen LogP contribution in [0, 0.1) is 4.77 Å². The van der Waals surface area contributed by atoms with Gasteiger partial charge in [0.25, 0.3) is 0 Å². The minimum Gasteiger partial charge on any atom is -0.314 e. The van der Waals surface area contributed by atoms with Crippen molar-refractivity contribution >= 4 is 46.1 Å². The van der Waals surface area contributed by atoms with Crippen LogP contribution in [0.4, 0.5) is 0 Å². The normalized spacial score (nSPS) is 11.3. The fourth-order valence-electron chi connectivity index (χ4n) is 1.45. The number of halogens is 1. The molecule has 0 aliphatic carbocycles. The molecule has 0 atom stereocenters. The van der Waals surface area contributed by atoms with Gasteiger partial charge in [-0.2, -0.15) is 0 Å². The predicted octanol–water partition coefficient (Wildman–Crippen LogP) is 2.82. The quantitative estimate of drug-likeness (QED) is 0.590. The highest BCUT2D eigenvalue weighted by Crippen LogP contribution is 2.17. The van der Waals surface area contributed by atoms with Gasteiger partial charge in [-0.3, -0.25) is 0 Å². The number of hydrogen-bond acceptors (Lipinski definition) is 3. The Labute approximate surface area is 94.3 Å². The smallest absolute Gasteiger partial charge is 0.177 e. The molecule has 0 aliphatic rings. The summed E-state index contributed by atoms with van der Waals surface area (Å²) in [6.07, 6.45) is 0. The molecule has 0 radical (unpaired) electrons. The summed E-state index contributed by atoms with van der Waals surface area (Å²) in [7, 11) is 0. The minimum absolute atomic E-state index is 0.520. The van der Waals surface area contributed by atoms with E-state index in [1.807, 2.05) is 6.07 Å². The first-order chi connectivity index (χ1) is 7.22. The molecule has 4 nitrogen and oxygen atoms in total. The zero-order valence-corrected chi connectivity index (χ0v) is 8.99. The maximum absolute atomic E-state index is 5.87. The third kappa shape index (κ3) is 1.40. The Kier molecular flexibility index (Phi) is 1.77. The van der Waals surface area contributed by atoms with Crippen LogP contribution in [0.1, 0.15) is 0 Å². The number of nitrogens with one attached hydrogen (secondary N) is 2. The van der Waals surface area contributed by atoms with Crippen molar-refractivity contribution in [2.24, 2.45) is 0 Å². The fourth-order valence-corrected chi connectivity index (χ4v) is 1.81. The van der Waals surface area contributed by atoms with Crippen molar-refractivity contribution in [2.75, 3.05) is 0 Å². The predicted molar refractivity (Wildman–Crippen MR) is 61.6 cm³/mol. The van der Waals surface area contributed by atoms with Crippen molar-refractivity contribution in [1.82, 2.24) is 19.9 Å². The Morgan fingerprint density at radius 3 is 2.47 bits per heavy atom. The number of H-pyrrole nitrogens is 2. The molecule has 15 heavy (non-hydrogen) atoms. The molecule has 0 spiro atoms. The van der Waals surface area contributed by atoms with Crippen molar-refractivity contribution in [3.63, 3.8) is 0 Å². The topological polar surface area (TPSA) is 57.4 Å². The van der Waals surface area contributed by atoms with Gasteiger partial charge >= 0.3 is 0 Å². The lowest BCUT2D eigenvalue weighted by Gasteiger charge is -1.96. The maximum Gasteiger partial charge on any atom is 0.177 e. The van der Waals surface area contributed by atoms with E-state index < -0.39 is 0 Å². The molecule has 2 aromatic heterocycles. The van der Waals surface area contributed by atoms with E-state index in [-0.39, 0.29) is 0 Å². The number of fused-ring (bicyclic) bond motifs is 2. The minimum atomic E-state index is 0.520. The molecular formula is C9H5ClN4S. The van der Waals surface area contributed by atoms with Gasteiger partial charge in [0, 0.05) is 5.02 Å². The van der Waals surface area contributed by atoms with Gasteiger partial charge in [0.1, 0.15) is 0 Å². The third-order valence-electron chi connectivity index (χ3n) is 2.09. The Morgan fingerprint density at radius 2 is 1.73 bits per heavy atom. The van der Waals surface area contributed by atoms with Crippen LogP contribution in [-0.2, 0) is 0 Å². The van der Waals surface area contributed by atoms with Crippen molar-refractivity contribution < 1.29 is 0 Å². The largest absolute Gasteiger partial charge is 0.314 e. The lowest BCUT2D eigenvalue weighted by molar-refractivity contribution is 1.27. The maximum atomic E-state index is 5.87. The van der Waals surface area contributed by atoms with Crippen LogP contribution in [-0.4, -0.2) is 19.9 Å². The second kappa shape index (κ2) is 3.01. The van der Waals surface area contributed by atoms with E-state index in [0.29, 0.717) is 21.1 Å². The molecule has 0 amide bonds. The van der Waals surface area contributed by atoms with Gasteiger partial charge in [-0.1, -0.05) is 11.6 Å². The van der Waals surface area contributed by atoms with Crippen LogP contribution in [0.5, 0.6) is 0 Å². The van der Waals surface area contributed by atoms with Gasteiger partial charge in [0.05, 0.1) is 11.0 Å². The Balaban J connectivity index is 2.51. The number of aromatic amines is 2. The zero-order valence-electron chi connectivity index (χ0n) is 7.41. The molecule has 1 aromatic carbocycles. The second-order valence-corrected chi connectivity index (χ2v) is 3.98. The average Bonchev–Trinajstić information content (AvgIpc) is 2.53. The molecular weight excluding hydrogens is 232 g/mol. The molecule has 0 saturated heterocycles. The van der Waals surface area contributed by atoms with Gasteiger partial charge < -0.3 is 9.97 Å². The molecule has 0 unspecified atom stereocenters. The second-order valence-electron chi connectivity index (χ2n) is 3.13. The first-order valence-corrected chi connectivity index (χ1v) is 5.06. The Hall–Kier alpha value is -1.46. The highest BCUT2D eigenvalue weighted by molar-refractivity contribution is 7.71. The molecule has 3 aromatic rings. The summed E-state index contributed by atoms with van der Waals surface area (Å²) in [6, 6.07) is 5.38. The molecule has 0 saturated carbocycles. The average molecular weight is 237 g/mol. The Bertz CT molecular complexity index is 715. The van der Waals surface area contributed by atoms with Gasteiger partial charge in [-0.25, -0.2) is 9.97 Å². The number of nitrogens with zero attached hydrogens (tertiary/aromatic N) is 2. The fraction of sp³-hybridized carbons (Fsp3) is 0. The molecule has 6 heteroatoms. The summed E-state index contributed by atoms with van der Waals surface area (Å²) < 4.78 is 0.520. The standard InChI is InChI=1S/C9H5ClN4S/c10-4-1-2-5-6(3-4)12-8-7(11-5)13-9(15)14-8/h1-3H,(H2,11,12,13,14,15). The van der Waals surface area contributed by atoms with Crippen molar-refractivity contribution in [3.8, 4) is 0 Å². The summed E-state index contributed by atoms with van der Waals surface area (Å²) >= 11 is 10.8. The van der Waals surface area contributed by atoms with E-state index in [1.165, 1.54) is 0 Å². The summed E-state index contributed by atoms with van der Waals surface area (Å²) in [5.74, 6) is 0. The lowest BCUT2D eigenvalue weighted by atomic mass is 10.3. The van der Waals surface area contributed by atoms with E-state index >= 15 is 0 Å². The Morgan fingerprint density at radius 1 is 1.07 bits per heavy atom. The van der Waals surface area contributed by atoms with Crippen molar-refractivity contribution in [3.05, 3.63) is 28.0 Å². The van der Waals surface area contributed by atoms with Crippen LogP contribution < -0.4 is 0 Å². The number of aromatic nitrogens is 4. The molecule has 0 fully saturated rings. The number of hydrogen-bond donors (Lipinski definition) is 2. The molecule has 3 rings (SSSR count). The first-order valence-electron chi connectivity index (χ1n) is 4.28. The van der Waals surface area contributed by atoms with Crippen LogP contribution in [0.2, 0.25) is 5.02 Å². The molecule has 2 heterocycles. The monoisotopic (exact) mass is 236 g/mol. The molecule has 74 valence electrons. The number of benzene rings is 1. The van der Waals surface area contributed by atoms with Crippen LogP contribution in [0.15, 0.2) is 18.2 Å². The summed E-state index contributed by atoms with van der Waals surface area (Å²) in [5.41, 5.74) is 2.85. The molecule has 2 N–H and O–H groups in total. The SMILES string of the molecule is S=c1[nH]c2nc3ccc(Cl)cc3nc2[nH]1. The highest BCUT2D eigenvalue weighted by Gasteiger charge is 2.03. The summed E-state index contributed by atoms with van der Waals surface area (Å²) in [4.78, 5) is 14.6. The summed E-state index contributed by atoms with van der Waals surface area (Å²) in [6.45, 7) is 0. The van der Waals surface area contributed by atoms with E-state index in [2.05, 4.69) is 19.9 Å². The van der Waals surface area contributed by atoms with Gasteiger partial charge in [0.15, 0.2) is 16.1 Å². The van der Waals surface area contributed by atoms with Gasteiger partial charge in [-0.15, -0.1) is 0 Å². The van der Waals surface area contributed by atoms with Crippen LogP contribution in [0.25, 0.3) is 22.3 Å².